The molecule has 1 heteroatoms. The normalized spacial score (nSPS) is 11.6. The molecule has 0 aliphatic rings. The lowest BCUT2D eigenvalue weighted by atomic mass is 9.97. The van der Waals surface area contributed by atoms with Gasteiger partial charge in [0.1, 0.15) is 0 Å². The first-order valence-electron chi connectivity index (χ1n) is 5.02. The van der Waals surface area contributed by atoms with Gasteiger partial charge in [-0.25, -0.2) is 0 Å². The fourth-order valence-corrected chi connectivity index (χ4v) is 1.36. The van der Waals surface area contributed by atoms with Crippen LogP contribution in [-0.4, -0.2) is 11.7 Å². The number of hydrogen-bond acceptors (Lipinski definition) is 1. The predicted octanol–water partition coefficient (Wildman–Crippen LogP) is 2.57. The minimum atomic E-state index is 0.151. The van der Waals surface area contributed by atoms with Gasteiger partial charge in [0.15, 0.2) is 0 Å². The fourth-order valence-electron chi connectivity index (χ4n) is 1.36. The van der Waals surface area contributed by atoms with Crippen LogP contribution in [0.1, 0.15) is 31.2 Å². The molecule has 1 atom stereocenters. The second-order valence-corrected chi connectivity index (χ2v) is 3.17. The molecule has 14 heavy (non-hydrogen) atoms. The van der Waals surface area contributed by atoms with E-state index in [9.17, 15) is 0 Å². The minimum absolute atomic E-state index is 0.151. The molecule has 0 amide bonds. The summed E-state index contributed by atoms with van der Waals surface area (Å²) in [6.07, 6.45) is 1.59. The number of benzene rings is 1. The Balaban J connectivity index is 2.69. The SMILES string of the molecule is CC[C@@H](C#CCCO)c1ccccc1. The second kappa shape index (κ2) is 6.23. The summed E-state index contributed by atoms with van der Waals surface area (Å²) in [6, 6.07) is 10.3. The highest BCUT2D eigenvalue weighted by Crippen LogP contribution is 2.17. The summed E-state index contributed by atoms with van der Waals surface area (Å²) in [4.78, 5) is 0. The maximum Gasteiger partial charge on any atom is 0.0540 e. The molecule has 0 bridgehead atoms. The van der Waals surface area contributed by atoms with Gasteiger partial charge in [-0.1, -0.05) is 43.2 Å². The van der Waals surface area contributed by atoms with E-state index < -0.39 is 0 Å². The highest BCUT2D eigenvalue weighted by molar-refractivity contribution is 5.27. The van der Waals surface area contributed by atoms with Crippen molar-refractivity contribution in [2.75, 3.05) is 6.61 Å². The van der Waals surface area contributed by atoms with Gasteiger partial charge in [0.2, 0.25) is 0 Å². The Labute approximate surface area is 85.8 Å². The molecule has 0 fully saturated rings. The number of hydrogen-bond donors (Lipinski definition) is 1. The van der Waals surface area contributed by atoms with E-state index in [0.717, 1.165) is 6.42 Å². The maximum absolute atomic E-state index is 8.62. The van der Waals surface area contributed by atoms with Gasteiger partial charge >= 0.3 is 0 Å². The molecule has 1 N–H and O–H groups in total. The van der Waals surface area contributed by atoms with E-state index >= 15 is 0 Å². The van der Waals surface area contributed by atoms with E-state index in [0.29, 0.717) is 12.3 Å². The first-order valence-corrected chi connectivity index (χ1v) is 5.02. The first kappa shape index (κ1) is 10.8. The third-order valence-corrected chi connectivity index (χ3v) is 2.12. The number of rotatable bonds is 3. The molecule has 0 aliphatic carbocycles. The average Bonchev–Trinajstić information content (AvgIpc) is 2.26. The number of aliphatic hydroxyl groups excluding tert-OH is 1. The van der Waals surface area contributed by atoms with Crippen molar-refractivity contribution in [3.63, 3.8) is 0 Å². The van der Waals surface area contributed by atoms with Crippen LogP contribution in [0.2, 0.25) is 0 Å². The van der Waals surface area contributed by atoms with Gasteiger partial charge in [-0.2, -0.15) is 0 Å². The molecule has 0 heterocycles. The summed E-state index contributed by atoms with van der Waals surface area (Å²) >= 11 is 0. The standard InChI is InChI=1S/C13H16O/c1-2-12(8-6-7-11-14)13-9-4-3-5-10-13/h3-5,9-10,12,14H,2,7,11H2,1H3/t12-/m0/s1. The van der Waals surface area contributed by atoms with Crippen LogP contribution in [0, 0.1) is 11.8 Å². The quantitative estimate of drug-likeness (QED) is 0.723. The maximum atomic E-state index is 8.62. The highest BCUT2D eigenvalue weighted by atomic mass is 16.2. The third kappa shape index (κ3) is 3.24. The van der Waals surface area contributed by atoms with Gasteiger partial charge in [0, 0.05) is 12.3 Å². The van der Waals surface area contributed by atoms with Crippen LogP contribution >= 0.6 is 0 Å². The predicted molar refractivity (Wildman–Crippen MR) is 59.0 cm³/mol. The Morgan fingerprint density at radius 1 is 1.29 bits per heavy atom. The van der Waals surface area contributed by atoms with Crippen molar-refractivity contribution >= 4 is 0 Å². The third-order valence-electron chi connectivity index (χ3n) is 2.12. The topological polar surface area (TPSA) is 20.2 Å². The van der Waals surface area contributed by atoms with E-state index in [1.165, 1.54) is 5.56 Å². The lowest BCUT2D eigenvalue weighted by Crippen LogP contribution is -1.93. The Hall–Kier alpha value is -1.26. The van der Waals surface area contributed by atoms with Crippen LogP contribution in [0.4, 0.5) is 0 Å². The molecule has 0 aliphatic heterocycles. The summed E-state index contributed by atoms with van der Waals surface area (Å²) < 4.78 is 0. The zero-order chi connectivity index (χ0) is 10.2. The molecule has 74 valence electrons. The molecule has 1 aromatic rings. The minimum Gasteiger partial charge on any atom is -0.395 e. The van der Waals surface area contributed by atoms with Gasteiger partial charge in [-0.3, -0.25) is 0 Å². The Morgan fingerprint density at radius 2 is 2.00 bits per heavy atom. The van der Waals surface area contributed by atoms with Crippen LogP contribution in [0.15, 0.2) is 30.3 Å². The van der Waals surface area contributed by atoms with Gasteiger partial charge in [-0.15, -0.1) is 5.92 Å². The van der Waals surface area contributed by atoms with Crippen molar-refractivity contribution < 1.29 is 5.11 Å². The van der Waals surface area contributed by atoms with Crippen molar-refractivity contribution in [2.45, 2.75) is 25.7 Å². The molecule has 1 nitrogen and oxygen atoms in total. The van der Waals surface area contributed by atoms with Crippen molar-refractivity contribution in [1.29, 1.82) is 0 Å². The van der Waals surface area contributed by atoms with Crippen LogP contribution in [0.5, 0.6) is 0 Å². The highest BCUT2D eigenvalue weighted by Gasteiger charge is 2.03. The molecule has 1 aromatic carbocycles. The summed E-state index contributed by atoms with van der Waals surface area (Å²) in [7, 11) is 0. The first-order chi connectivity index (χ1) is 6.88. The summed E-state index contributed by atoms with van der Waals surface area (Å²) in [5, 5.41) is 8.62. The Morgan fingerprint density at radius 3 is 2.57 bits per heavy atom. The van der Waals surface area contributed by atoms with Crippen LogP contribution < -0.4 is 0 Å². The summed E-state index contributed by atoms with van der Waals surface area (Å²) in [6.45, 7) is 2.28. The molecule has 0 unspecified atom stereocenters. The van der Waals surface area contributed by atoms with Gasteiger partial charge in [0.05, 0.1) is 6.61 Å². The molecule has 0 radical (unpaired) electrons. The van der Waals surface area contributed by atoms with E-state index in [2.05, 4.69) is 30.9 Å². The zero-order valence-electron chi connectivity index (χ0n) is 8.53. The van der Waals surface area contributed by atoms with Crippen LogP contribution in [-0.2, 0) is 0 Å². The summed E-state index contributed by atoms with van der Waals surface area (Å²) in [5.74, 6) is 6.47. The average molecular weight is 188 g/mol. The van der Waals surface area contributed by atoms with Gasteiger partial charge in [0.25, 0.3) is 0 Å². The van der Waals surface area contributed by atoms with Gasteiger partial charge < -0.3 is 5.11 Å². The smallest absolute Gasteiger partial charge is 0.0540 e. The molecule has 0 aromatic heterocycles. The number of aliphatic hydroxyl groups is 1. The van der Waals surface area contributed by atoms with Crippen molar-refractivity contribution in [3.8, 4) is 11.8 Å². The van der Waals surface area contributed by atoms with E-state index in [-0.39, 0.29) is 6.61 Å². The van der Waals surface area contributed by atoms with Crippen molar-refractivity contribution in [3.05, 3.63) is 35.9 Å². The van der Waals surface area contributed by atoms with Crippen LogP contribution in [0.25, 0.3) is 0 Å². The molecular formula is C13H16O. The molecule has 0 saturated heterocycles. The lowest BCUT2D eigenvalue weighted by molar-refractivity contribution is 0.305. The van der Waals surface area contributed by atoms with Crippen molar-refractivity contribution in [1.82, 2.24) is 0 Å². The molecule has 1 rings (SSSR count). The second-order valence-electron chi connectivity index (χ2n) is 3.17. The van der Waals surface area contributed by atoms with E-state index in [4.69, 9.17) is 5.11 Å². The zero-order valence-corrected chi connectivity index (χ0v) is 8.53. The fraction of sp³-hybridized carbons (Fsp3) is 0.385. The van der Waals surface area contributed by atoms with Crippen molar-refractivity contribution in [2.24, 2.45) is 0 Å². The molecule has 0 spiro atoms. The van der Waals surface area contributed by atoms with Crippen LogP contribution in [0.3, 0.4) is 0 Å². The van der Waals surface area contributed by atoms with Gasteiger partial charge in [-0.05, 0) is 12.0 Å². The largest absolute Gasteiger partial charge is 0.395 e. The Bertz CT molecular complexity index is 305. The van der Waals surface area contributed by atoms with E-state index in [1.54, 1.807) is 0 Å². The monoisotopic (exact) mass is 188 g/mol. The molecule has 0 saturated carbocycles. The molecular weight excluding hydrogens is 172 g/mol. The van der Waals surface area contributed by atoms with E-state index in [1.807, 2.05) is 18.2 Å². The summed E-state index contributed by atoms with van der Waals surface area (Å²) in [5.41, 5.74) is 1.26. The lowest BCUT2D eigenvalue weighted by Gasteiger charge is -2.06. The Kier molecular flexibility index (Phi) is 4.82.